The third kappa shape index (κ3) is 4.42. The summed E-state index contributed by atoms with van der Waals surface area (Å²) in [6, 6.07) is 18.2. The zero-order valence-electron chi connectivity index (χ0n) is 20.8. The molecule has 1 aliphatic rings. The molecule has 1 N–H and O–H groups in total. The first-order valence-electron chi connectivity index (χ1n) is 11.7. The van der Waals surface area contributed by atoms with Gasteiger partial charge in [0.25, 0.3) is 5.91 Å². The number of ether oxygens (including phenoxy) is 2. The van der Waals surface area contributed by atoms with Gasteiger partial charge >= 0.3 is 0 Å². The highest BCUT2D eigenvalue weighted by Crippen LogP contribution is 2.44. The topological polar surface area (TPSA) is 76.1 Å². The van der Waals surface area contributed by atoms with Gasteiger partial charge in [0.2, 0.25) is 0 Å². The number of aryl methyl sites for hydroxylation is 1. The molecule has 1 aliphatic heterocycles. The van der Waals surface area contributed by atoms with Gasteiger partial charge in [-0.05, 0) is 53.8 Å². The van der Waals surface area contributed by atoms with E-state index in [4.69, 9.17) is 9.47 Å². The van der Waals surface area contributed by atoms with Gasteiger partial charge in [0.15, 0.2) is 22.9 Å². The van der Waals surface area contributed by atoms with Gasteiger partial charge in [-0.3, -0.25) is 9.59 Å². The standard InChI is InChI=1S/C29H31NO5/c1-18(2)20-11-10-19(3)22(14-20)17-30-24-9-7-6-8-23(24)29(33,28(30)32)16-25(31)21-12-13-26(34-4)27(15-21)35-5/h6-15,18,33H,16-17H2,1-5H3/t29-/m0/s1. The summed E-state index contributed by atoms with van der Waals surface area (Å²) in [5.41, 5.74) is 2.70. The van der Waals surface area contributed by atoms with Crippen LogP contribution in [0.3, 0.4) is 0 Å². The first kappa shape index (κ1) is 24.5. The Kier molecular flexibility index (Phi) is 6.68. The predicted molar refractivity (Wildman–Crippen MR) is 135 cm³/mol. The number of hydrogen-bond donors (Lipinski definition) is 1. The number of ketones is 1. The number of benzene rings is 3. The smallest absolute Gasteiger partial charge is 0.264 e. The minimum atomic E-state index is -1.95. The molecule has 0 saturated heterocycles. The fourth-order valence-electron chi connectivity index (χ4n) is 4.57. The number of fused-ring (bicyclic) bond motifs is 1. The SMILES string of the molecule is COc1ccc(C(=O)C[C@@]2(O)C(=O)N(Cc3cc(C(C)C)ccc3C)c3ccccc32)cc1OC. The summed E-state index contributed by atoms with van der Waals surface area (Å²) in [5.74, 6) is 0.395. The number of aliphatic hydroxyl groups is 1. The predicted octanol–water partition coefficient (Wildman–Crippen LogP) is 5.14. The number of rotatable bonds is 8. The summed E-state index contributed by atoms with van der Waals surface area (Å²) >= 11 is 0. The molecule has 1 atom stereocenters. The van der Waals surface area contributed by atoms with E-state index in [9.17, 15) is 14.7 Å². The Hall–Kier alpha value is -3.64. The molecule has 0 spiro atoms. The molecule has 3 aromatic carbocycles. The van der Waals surface area contributed by atoms with E-state index in [0.717, 1.165) is 11.1 Å². The van der Waals surface area contributed by atoms with Crippen LogP contribution in [-0.4, -0.2) is 31.0 Å². The zero-order valence-corrected chi connectivity index (χ0v) is 20.8. The van der Waals surface area contributed by atoms with Gasteiger partial charge in [0.05, 0.1) is 32.9 Å². The van der Waals surface area contributed by atoms with E-state index in [1.54, 1.807) is 35.2 Å². The van der Waals surface area contributed by atoms with E-state index >= 15 is 0 Å². The number of hydrogen-bond acceptors (Lipinski definition) is 5. The van der Waals surface area contributed by atoms with Gasteiger partial charge in [0, 0.05) is 11.1 Å². The van der Waals surface area contributed by atoms with E-state index in [1.165, 1.54) is 19.8 Å². The van der Waals surface area contributed by atoms with Crippen LogP contribution in [0.2, 0.25) is 0 Å². The molecule has 0 fully saturated rings. The molecule has 0 unspecified atom stereocenters. The molecule has 1 heterocycles. The number of carbonyl (C=O) groups is 2. The maximum absolute atomic E-state index is 13.7. The van der Waals surface area contributed by atoms with Crippen LogP contribution in [0.15, 0.2) is 60.7 Å². The average molecular weight is 474 g/mol. The summed E-state index contributed by atoms with van der Waals surface area (Å²) in [6.07, 6.45) is -0.375. The Balaban J connectivity index is 1.68. The Morgan fingerprint density at radius 1 is 1.00 bits per heavy atom. The zero-order chi connectivity index (χ0) is 25.3. The van der Waals surface area contributed by atoms with Gasteiger partial charge in [-0.25, -0.2) is 0 Å². The Morgan fingerprint density at radius 2 is 1.71 bits per heavy atom. The molecule has 3 aromatic rings. The van der Waals surface area contributed by atoms with Crippen LogP contribution in [0.1, 0.15) is 58.8 Å². The number of nitrogens with zero attached hydrogens (tertiary/aromatic N) is 1. The number of para-hydroxylation sites is 1. The number of amides is 1. The Labute approximate surface area is 206 Å². The average Bonchev–Trinajstić information content (AvgIpc) is 3.06. The minimum Gasteiger partial charge on any atom is -0.493 e. The summed E-state index contributed by atoms with van der Waals surface area (Å²) in [7, 11) is 3.01. The van der Waals surface area contributed by atoms with Gasteiger partial charge in [-0.15, -0.1) is 0 Å². The first-order chi connectivity index (χ1) is 16.7. The quantitative estimate of drug-likeness (QED) is 0.458. The number of carbonyl (C=O) groups excluding carboxylic acids is 2. The second-order valence-electron chi connectivity index (χ2n) is 9.28. The van der Waals surface area contributed by atoms with Crippen molar-refractivity contribution in [3.8, 4) is 11.5 Å². The van der Waals surface area contributed by atoms with Crippen molar-refractivity contribution in [2.75, 3.05) is 19.1 Å². The highest BCUT2D eigenvalue weighted by atomic mass is 16.5. The second-order valence-corrected chi connectivity index (χ2v) is 9.28. The van der Waals surface area contributed by atoms with E-state index < -0.39 is 11.5 Å². The van der Waals surface area contributed by atoms with E-state index in [0.29, 0.717) is 40.8 Å². The van der Waals surface area contributed by atoms with Gasteiger partial charge in [-0.2, -0.15) is 0 Å². The first-order valence-corrected chi connectivity index (χ1v) is 11.7. The monoisotopic (exact) mass is 473 g/mol. The van der Waals surface area contributed by atoms with Gasteiger partial charge < -0.3 is 19.5 Å². The molecule has 0 bridgehead atoms. The lowest BCUT2D eigenvalue weighted by molar-refractivity contribution is -0.136. The molecule has 0 aromatic heterocycles. The lowest BCUT2D eigenvalue weighted by atomic mass is 9.88. The maximum Gasteiger partial charge on any atom is 0.264 e. The van der Waals surface area contributed by atoms with Crippen LogP contribution >= 0.6 is 0 Å². The highest BCUT2D eigenvalue weighted by Gasteiger charge is 2.50. The second kappa shape index (κ2) is 9.55. The number of Topliss-reactive ketones (excluding diaryl/α,β-unsaturated/α-hetero) is 1. The minimum absolute atomic E-state index is 0.315. The molecule has 35 heavy (non-hydrogen) atoms. The number of anilines is 1. The number of methoxy groups -OCH3 is 2. The molecule has 6 heteroatoms. The van der Waals surface area contributed by atoms with Crippen molar-refractivity contribution in [3.63, 3.8) is 0 Å². The molecular weight excluding hydrogens is 442 g/mol. The largest absolute Gasteiger partial charge is 0.493 e. The molecule has 0 saturated carbocycles. The van der Waals surface area contributed by atoms with E-state index in [-0.39, 0.29) is 12.2 Å². The Bertz CT molecular complexity index is 1280. The molecule has 1 amide bonds. The van der Waals surface area contributed by atoms with Crippen molar-refractivity contribution in [2.45, 2.75) is 45.3 Å². The van der Waals surface area contributed by atoms with E-state index in [2.05, 4.69) is 32.0 Å². The molecular formula is C29H31NO5. The van der Waals surface area contributed by atoms with Crippen molar-refractivity contribution in [2.24, 2.45) is 0 Å². The van der Waals surface area contributed by atoms with Crippen LogP contribution < -0.4 is 14.4 Å². The third-order valence-corrected chi connectivity index (χ3v) is 6.73. The van der Waals surface area contributed by atoms with Gasteiger partial charge in [-0.1, -0.05) is 50.2 Å². The summed E-state index contributed by atoms with van der Waals surface area (Å²) in [4.78, 5) is 28.5. The Morgan fingerprint density at radius 3 is 2.40 bits per heavy atom. The fourth-order valence-corrected chi connectivity index (χ4v) is 4.57. The normalized spacial score (nSPS) is 17.0. The van der Waals surface area contributed by atoms with Crippen molar-refractivity contribution < 1.29 is 24.2 Å². The van der Waals surface area contributed by atoms with Crippen molar-refractivity contribution in [3.05, 3.63) is 88.5 Å². The third-order valence-electron chi connectivity index (χ3n) is 6.73. The van der Waals surface area contributed by atoms with Crippen LogP contribution in [0.25, 0.3) is 0 Å². The van der Waals surface area contributed by atoms with Crippen LogP contribution in [0.4, 0.5) is 5.69 Å². The van der Waals surface area contributed by atoms with Crippen LogP contribution in [0, 0.1) is 6.92 Å². The lowest BCUT2D eigenvalue weighted by Crippen LogP contribution is -2.41. The van der Waals surface area contributed by atoms with Gasteiger partial charge in [0.1, 0.15) is 0 Å². The molecule has 0 radical (unpaired) electrons. The molecule has 182 valence electrons. The molecule has 4 rings (SSSR count). The van der Waals surface area contributed by atoms with Crippen molar-refractivity contribution in [1.82, 2.24) is 0 Å². The van der Waals surface area contributed by atoms with Crippen molar-refractivity contribution in [1.29, 1.82) is 0 Å². The van der Waals surface area contributed by atoms with Crippen LogP contribution in [0.5, 0.6) is 11.5 Å². The lowest BCUT2D eigenvalue weighted by Gasteiger charge is -2.24. The fraction of sp³-hybridized carbons (Fsp3) is 0.310. The molecule has 6 nitrogen and oxygen atoms in total. The molecule has 0 aliphatic carbocycles. The summed E-state index contributed by atoms with van der Waals surface area (Å²) in [5, 5.41) is 11.7. The van der Waals surface area contributed by atoms with E-state index in [1.807, 2.05) is 19.1 Å². The summed E-state index contributed by atoms with van der Waals surface area (Å²) in [6.45, 7) is 6.58. The van der Waals surface area contributed by atoms with Crippen LogP contribution in [-0.2, 0) is 16.9 Å². The maximum atomic E-state index is 13.7. The summed E-state index contributed by atoms with van der Waals surface area (Å²) < 4.78 is 10.6. The van der Waals surface area contributed by atoms with Crippen molar-refractivity contribution >= 4 is 17.4 Å². The highest BCUT2D eigenvalue weighted by molar-refractivity contribution is 6.10.